The number of hydrazone groups is 1. The molecule has 0 saturated heterocycles. The van der Waals surface area contributed by atoms with E-state index in [9.17, 15) is 19.2 Å². The predicted octanol–water partition coefficient (Wildman–Crippen LogP) is 5.16. The summed E-state index contributed by atoms with van der Waals surface area (Å²) in [5, 5.41) is 7.09. The number of fused-ring (bicyclic) bond motifs is 1. The van der Waals surface area contributed by atoms with Crippen LogP contribution in [0, 0.1) is 0 Å². The summed E-state index contributed by atoms with van der Waals surface area (Å²) in [5.74, 6) is -2.69. The summed E-state index contributed by atoms with van der Waals surface area (Å²) >= 11 is 7.24. The first kappa shape index (κ1) is 29.8. The van der Waals surface area contributed by atoms with Crippen molar-refractivity contribution in [2.75, 3.05) is 19.0 Å². The number of hydrogen-bond donors (Lipinski definition) is 2. The zero-order valence-corrected chi connectivity index (χ0v) is 24.0. The minimum Gasteiger partial charge on any atom is -0.493 e. The van der Waals surface area contributed by atoms with E-state index in [0.717, 1.165) is 36.1 Å². The lowest BCUT2D eigenvalue weighted by Gasteiger charge is -2.10. The van der Waals surface area contributed by atoms with Crippen LogP contribution in [0.2, 0.25) is 5.02 Å². The number of benzene rings is 2. The molecule has 3 aromatic rings. The number of methoxy groups -OCH3 is 1. The van der Waals surface area contributed by atoms with Crippen molar-refractivity contribution >= 4 is 57.9 Å². The highest BCUT2D eigenvalue weighted by Gasteiger charge is 2.28. The highest BCUT2D eigenvalue weighted by Crippen LogP contribution is 2.38. The highest BCUT2D eigenvalue weighted by atomic mass is 35.5. The summed E-state index contributed by atoms with van der Waals surface area (Å²) in [6.07, 6.45) is 5.82. The third kappa shape index (κ3) is 7.50. The average molecular weight is 598 g/mol. The van der Waals surface area contributed by atoms with Gasteiger partial charge in [0.2, 0.25) is 0 Å². The van der Waals surface area contributed by atoms with Gasteiger partial charge in [0.25, 0.3) is 0 Å². The van der Waals surface area contributed by atoms with Gasteiger partial charge in [-0.05, 0) is 80.1 Å². The van der Waals surface area contributed by atoms with Crippen molar-refractivity contribution in [2.24, 2.45) is 5.10 Å². The first-order valence-electron chi connectivity index (χ1n) is 12.9. The van der Waals surface area contributed by atoms with Gasteiger partial charge in [0.05, 0.1) is 31.1 Å². The van der Waals surface area contributed by atoms with E-state index < -0.39 is 23.8 Å². The number of nitrogens with zero attached hydrogens (tertiary/aromatic N) is 1. The van der Waals surface area contributed by atoms with Crippen molar-refractivity contribution in [3.05, 3.63) is 74.6 Å². The third-order valence-electron chi connectivity index (χ3n) is 6.16. The molecule has 1 aliphatic carbocycles. The molecule has 41 heavy (non-hydrogen) atoms. The Bertz CT molecular complexity index is 1500. The molecule has 2 aromatic carbocycles. The molecule has 1 aliphatic rings. The van der Waals surface area contributed by atoms with E-state index in [-0.39, 0.29) is 23.7 Å². The normalized spacial score (nSPS) is 12.7. The molecular weight excluding hydrogens is 570 g/mol. The predicted molar refractivity (Wildman–Crippen MR) is 155 cm³/mol. The molecule has 0 unspecified atom stereocenters. The molecule has 0 bridgehead atoms. The summed E-state index contributed by atoms with van der Waals surface area (Å²) < 4.78 is 16.0. The molecule has 0 radical (unpaired) electrons. The number of ether oxygens (including phenoxy) is 3. The Morgan fingerprint density at radius 2 is 1.80 bits per heavy atom. The number of aryl methyl sites for hydroxylation is 1. The van der Waals surface area contributed by atoms with E-state index in [4.69, 9.17) is 25.8 Å². The zero-order chi connectivity index (χ0) is 29.4. The standard InChI is InChI=1S/C29H28ClN3O7S/c1-3-39-29(37)24-20-10-5-4-6-11-23(20)41-27(24)32-25(34)26(35)33-31-16-17-12-13-21(22(14-17)38-2)40-28(36)18-8-7-9-19(30)15-18/h7-9,12-16H,3-6,10-11H2,1-2H3,(H,32,34)(H,33,35)/b31-16+. The molecule has 2 N–H and O–H groups in total. The van der Waals surface area contributed by atoms with E-state index in [1.54, 1.807) is 37.3 Å². The highest BCUT2D eigenvalue weighted by molar-refractivity contribution is 7.17. The van der Waals surface area contributed by atoms with Crippen molar-refractivity contribution in [1.29, 1.82) is 0 Å². The number of esters is 2. The number of nitrogens with one attached hydrogen (secondary N) is 2. The average Bonchev–Trinajstić information content (AvgIpc) is 3.13. The SMILES string of the molecule is CCOC(=O)c1c(NC(=O)C(=O)N/N=C/c2ccc(OC(=O)c3cccc(Cl)c3)c(OC)c2)sc2c1CCCCC2. The lowest BCUT2D eigenvalue weighted by Crippen LogP contribution is -2.32. The maximum atomic E-state index is 12.7. The Morgan fingerprint density at radius 3 is 2.56 bits per heavy atom. The van der Waals surface area contributed by atoms with Gasteiger partial charge < -0.3 is 19.5 Å². The van der Waals surface area contributed by atoms with Crippen LogP contribution < -0.4 is 20.2 Å². The van der Waals surface area contributed by atoms with Crippen molar-refractivity contribution in [3.8, 4) is 11.5 Å². The number of thiophene rings is 1. The summed E-state index contributed by atoms with van der Waals surface area (Å²) in [5.41, 5.74) is 4.16. The fourth-order valence-corrected chi connectivity index (χ4v) is 5.71. The fourth-order valence-electron chi connectivity index (χ4n) is 4.25. The van der Waals surface area contributed by atoms with Gasteiger partial charge in [-0.3, -0.25) is 9.59 Å². The number of halogens is 1. The first-order chi connectivity index (χ1) is 19.8. The largest absolute Gasteiger partial charge is 0.493 e. The second kappa shape index (κ2) is 13.9. The summed E-state index contributed by atoms with van der Waals surface area (Å²) in [4.78, 5) is 51.2. The van der Waals surface area contributed by atoms with Gasteiger partial charge in [-0.2, -0.15) is 5.10 Å². The van der Waals surface area contributed by atoms with Gasteiger partial charge in [-0.25, -0.2) is 15.0 Å². The van der Waals surface area contributed by atoms with E-state index >= 15 is 0 Å². The Hall–Kier alpha value is -4.22. The van der Waals surface area contributed by atoms with Crippen LogP contribution in [-0.2, 0) is 27.2 Å². The maximum absolute atomic E-state index is 12.7. The van der Waals surface area contributed by atoms with Crippen LogP contribution in [0.25, 0.3) is 0 Å². The molecule has 0 atom stereocenters. The van der Waals surface area contributed by atoms with Gasteiger partial charge >= 0.3 is 23.8 Å². The summed E-state index contributed by atoms with van der Waals surface area (Å²) in [6, 6.07) is 11.0. The molecule has 4 rings (SSSR count). The fraction of sp³-hybridized carbons (Fsp3) is 0.276. The maximum Gasteiger partial charge on any atom is 0.343 e. The first-order valence-corrected chi connectivity index (χ1v) is 14.1. The van der Waals surface area contributed by atoms with Crippen molar-refractivity contribution < 1.29 is 33.4 Å². The number of carbonyl (C=O) groups excluding carboxylic acids is 4. The molecule has 2 amide bonds. The lowest BCUT2D eigenvalue weighted by atomic mass is 10.1. The van der Waals surface area contributed by atoms with E-state index in [2.05, 4.69) is 15.8 Å². The number of carbonyl (C=O) groups is 4. The molecule has 0 fully saturated rings. The zero-order valence-electron chi connectivity index (χ0n) is 22.5. The van der Waals surface area contributed by atoms with E-state index in [1.165, 1.54) is 36.8 Å². The molecule has 10 nitrogen and oxygen atoms in total. The molecule has 1 heterocycles. The van der Waals surface area contributed by atoms with Gasteiger partial charge in [-0.15, -0.1) is 11.3 Å². The number of hydrogen-bond acceptors (Lipinski definition) is 9. The van der Waals surface area contributed by atoms with Crippen molar-refractivity contribution in [3.63, 3.8) is 0 Å². The Balaban J connectivity index is 1.40. The van der Waals surface area contributed by atoms with Crippen LogP contribution in [0.4, 0.5) is 5.00 Å². The monoisotopic (exact) mass is 597 g/mol. The minimum atomic E-state index is -1.02. The Morgan fingerprint density at radius 1 is 1.00 bits per heavy atom. The second-order valence-electron chi connectivity index (χ2n) is 8.95. The van der Waals surface area contributed by atoms with Crippen LogP contribution in [0.1, 0.15) is 62.9 Å². The topological polar surface area (TPSA) is 132 Å². The van der Waals surface area contributed by atoms with Crippen LogP contribution in [-0.4, -0.2) is 43.7 Å². The summed E-state index contributed by atoms with van der Waals surface area (Å²) in [7, 11) is 1.41. The van der Waals surface area contributed by atoms with Gasteiger partial charge in [0.1, 0.15) is 5.00 Å². The summed E-state index contributed by atoms with van der Waals surface area (Å²) in [6.45, 7) is 1.91. The van der Waals surface area contributed by atoms with Gasteiger partial charge in [0, 0.05) is 9.90 Å². The van der Waals surface area contributed by atoms with Gasteiger partial charge in [0.15, 0.2) is 11.5 Å². The van der Waals surface area contributed by atoms with Crippen molar-refractivity contribution in [1.82, 2.24) is 5.43 Å². The van der Waals surface area contributed by atoms with Gasteiger partial charge in [-0.1, -0.05) is 24.1 Å². The van der Waals surface area contributed by atoms with Crippen LogP contribution in [0.5, 0.6) is 11.5 Å². The molecule has 0 spiro atoms. The van der Waals surface area contributed by atoms with Crippen LogP contribution in [0.15, 0.2) is 47.6 Å². The molecule has 0 saturated carbocycles. The molecule has 0 aliphatic heterocycles. The molecular formula is C29H28ClN3O7S. The molecule has 1 aromatic heterocycles. The number of rotatable bonds is 8. The van der Waals surface area contributed by atoms with Crippen LogP contribution in [0.3, 0.4) is 0 Å². The molecule has 12 heteroatoms. The minimum absolute atomic E-state index is 0.171. The number of anilines is 1. The van der Waals surface area contributed by atoms with E-state index in [0.29, 0.717) is 27.6 Å². The Kier molecular flexibility index (Phi) is 10.1. The number of amides is 2. The Labute approximate surface area is 245 Å². The van der Waals surface area contributed by atoms with Crippen molar-refractivity contribution in [2.45, 2.75) is 39.0 Å². The third-order valence-corrected chi connectivity index (χ3v) is 7.61. The molecule has 214 valence electrons. The lowest BCUT2D eigenvalue weighted by molar-refractivity contribution is -0.136. The second-order valence-corrected chi connectivity index (χ2v) is 10.5. The quantitative estimate of drug-likeness (QED) is 0.0915. The van der Waals surface area contributed by atoms with E-state index in [1.807, 2.05) is 0 Å². The smallest absolute Gasteiger partial charge is 0.343 e. The van der Waals surface area contributed by atoms with Crippen LogP contribution >= 0.6 is 22.9 Å².